The molecule has 16 heavy (non-hydrogen) atoms. The number of quaternary nitrogens is 1. The smallest absolute Gasteiger partial charge is 0.431 e. The Kier molecular flexibility index (Phi) is 2.87. The second kappa shape index (κ2) is 4.32. The Labute approximate surface area is 93.9 Å². The molecule has 1 aromatic rings. The van der Waals surface area contributed by atoms with E-state index in [2.05, 4.69) is 0 Å². The second-order valence-corrected chi connectivity index (χ2v) is 3.81. The first kappa shape index (κ1) is 10.6. The van der Waals surface area contributed by atoms with Gasteiger partial charge in [-0.1, -0.05) is 0 Å². The molecule has 0 spiro atoms. The molecule has 1 aliphatic rings. The van der Waals surface area contributed by atoms with Crippen molar-refractivity contribution < 1.29 is 18.7 Å². The van der Waals surface area contributed by atoms with E-state index in [1.165, 1.54) is 0 Å². The van der Waals surface area contributed by atoms with E-state index in [0.717, 1.165) is 5.76 Å². The topological polar surface area (TPSA) is 40.9 Å². The number of furan rings is 1. The largest absolute Gasteiger partial charge is 0.467 e. The average molecular weight is 221 g/mol. The highest BCUT2D eigenvalue weighted by atomic mass is 16.3. The first-order valence-corrected chi connectivity index (χ1v) is 5.06. The predicted octanol–water partition coefficient (Wildman–Crippen LogP) is -0.128. The monoisotopic (exact) mass is 221 g/mol. The molecular weight excluding hydrogens is 206 g/mol. The van der Waals surface area contributed by atoms with E-state index in [1.807, 2.05) is 30.0 Å². The second-order valence-electron chi connectivity index (χ2n) is 3.81. The third kappa shape index (κ3) is 2.20. The molecule has 1 unspecified atom stereocenters. The number of hydrogen-bond acceptors (Lipinski definition) is 2. The number of hydrogen-bond donors (Lipinski definition) is 1. The molecule has 5 nitrogen and oxygen atoms in total. The molecule has 0 radical (unpaired) electrons. The fourth-order valence-corrected chi connectivity index (χ4v) is 1.56. The Bertz CT molecular complexity index is 434. The summed E-state index contributed by atoms with van der Waals surface area (Å²) in [5.74, 6) is 0.784. The number of nitrogens with one attached hydrogen (secondary N) is 1. The van der Waals surface area contributed by atoms with E-state index in [0.29, 0.717) is 11.4 Å². The number of carbonyl (C=O) groups is 1. The molecule has 0 fully saturated rings. The first-order chi connectivity index (χ1) is 7.66. The minimum absolute atomic E-state index is 0.00278. The Morgan fingerprint density at radius 2 is 2.44 bits per heavy atom. The van der Waals surface area contributed by atoms with E-state index >= 15 is 0 Å². The van der Waals surface area contributed by atoms with Crippen molar-refractivity contribution in [3.8, 4) is 0 Å². The maximum Gasteiger partial charge on any atom is 0.431 e. The van der Waals surface area contributed by atoms with E-state index < -0.39 is 0 Å². The van der Waals surface area contributed by atoms with Crippen LogP contribution in [0, 0.1) is 0 Å². The summed E-state index contributed by atoms with van der Waals surface area (Å²) in [5.41, 5.74) is 0. The predicted molar refractivity (Wildman–Crippen MR) is 57.9 cm³/mol. The minimum atomic E-state index is -0.00278. The van der Waals surface area contributed by atoms with E-state index in [-0.39, 0.29) is 6.03 Å². The summed E-state index contributed by atoms with van der Waals surface area (Å²) < 4.78 is 7.05. The van der Waals surface area contributed by atoms with Gasteiger partial charge in [0.1, 0.15) is 12.8 Å². The van der Waals surface area contributed by atoms with Crippen molar-refractivity contribution in [2.75, 3.05) is 14.1 Å². The van der Waals surface area contributed by atoms with Crippen LogP contribution in [-0.2, 0) is 6.54 Å². The Morgan fingerprint density at radius 3 is 3.00 bits per heavy atom. The number of urea groups is 1. The summed E-state index contributed by atoms with van der Waals surface area (Å²) in [5, 5.41) is 0. The van der Waals surface area contributed by atoms with Gasteiger partial charge in [0.2, 0.25) is 6.20 Å². The summed E-state index contributed by atoms with van der Waals surface area (Å²) in [6.07, 6.45) is 7.08. The maximum atomic E-state index is 12.0. The van der Waals surface area contributed by atoms with Crippen LogP contribution in [0.25, 0.3) is 0 Å². The molecule has 0 aromatic carbocycles. The lowest BCUT2D eigenvalue weighted by Crippen LogP contribution is -3.10. The zero-order valence-corrected chi connectivity index (χ0v) is 9.38. The van der Waals surface area contributed by atoms with E-state index in [1.54, 1.807) is 30.7 Å². The molecule has 0 saturated carbocycles. The van der Waals surface area contributed by atoms with Gasteiger partial charge in [0, 0.05) is 7.05 Å². The lowest BCUT2D eigenvalue weighted by atomic mass is 10.4. The summed E-state index contributed by atoms with van der Waals surface area (Å²) in [4.78, 5) is 14.3. The van der Waals surface area contributed by atoms with Gasteiger partial charge in [-0.3, -0.25) is 4.90 Å². The number of amides is 2. The third-order valence-electron chi connectivity index (χ3n) is 2.40. The first-order valence-electron chi connectivity index (χ1n) is 5.06. The highest BCUT2D eigenvalue weighted by Gasteiger charge is 2.27. The number of nitrogens with zero attached hydrogens (tertiary/aromatic N) is 2. The van der Waals surface area contributed by atoms with Crippen molar-refractivity contribution >= 4 is 12.4 Å². The van der Waals surface area contributed by atoms with Crippen molar-refractivity contribution in [2.45, 2.75) is 6.54 Å². The third-order valence-corrected chi connectivity index (χ3v) is 2.40. The van der Waals surface area contributed by atoms with Gasteiger partial charge < -0.3 is 4.42 Å². The van der Waals surface area contributed by atoms with Crippen molar-refractivity contribution in [2.24, 2.45) is 0 Å². The SMILES string of the molecule is CN(Cc1ccco1)C(=O)[NH+]1C=C[N+](C)=C1. The standard InChI is InChI=1S/C11H14N3O2/c1-12-5-6-14(9-12)11(15)13(2)8-10-4-3-7-16-10/h3-7,9H,8H2,1-2H3/q+1/p+1. The van der Waals surface area contributed by atoms with Gasteiger partial charge >= 0.3 is 12.4 Å². The summed E-state index contributed by atoms with van der Waals surface area (Å²) >= 11 is 0. The molecule has 1 aliphatic heterocycles. The van der Waals surface area contributed by atoms with Gasteiger partial charge in [-0.15, -0.1) is 4.90 Å². The molecule has 84 valence electrons. The highest BCUT2D eigenvalue weighted by molar-refractivity contribution is 5.71. The van der Waals surface area contributed by atoms with Gasteiger partial charge in [-0.05, 0) is 12.1 Å². The molecule has 1 aromatic heterocycles. The van der Waals surface area contributed by atoms with Crippen LogP contribution in [0.3, 0.4) is 0 Å². The molecule has 1 atom stereocenters. The van der Waals surface area contributed by atoms with Crippen molar-refractivity contribution in [3.05, 3.63) is 36.6 Å². The Morgan fingerprint density at radius 1 is 1.62 bits per heavy atom. The van der Waals surface area contributed by atoms with Gasteiger partial charge in [0.05, 0.1) is 12.8 Å². The van der Waals surface area contributed by atoms with Crippen LogP contribution in [0.5, 0.6) is 0 Å². The number of carbonyl (C=O) groups excluding carboxylic acids is 1. The molecule has 0 bridgehead atoms. The van der Waals surface area contributed by atoms with Crippen LogP contribution < -0.4 is 4.90 Å². The fourth-order valence-electron chi connectivity index (χ4n) is 1.56. The lowest BCUT2D eigenvalue weighted by molar-refractivity contribution is -0.661. The zero-order chi connectivity index (χ0) is 11.5. The highest BCUT2D eigenvalue weighted by Crippen LogP contribution is 2.02. The summed E-state index contributed by atoms with van der Waals surface area (Å²) in [7, 11) is 3.65. The Hall–Kier alpha value is -1.88. The van der Waals surface area contributed by atoms with E-state index in [4.69, 9.17) is 4.42 Å². The average Bonchev–Trinajstić information content (AvgIpc) is 2.88. The summed E-state index contributed by atoms with van der Waals surface area (Å²) in [6.45, 7) is 0.487. The van der Waals surface area contributed by atoms with Gasteiger partial charge in [-0.25, -0.2) is 4.79 Å². The van der Waals surface area contributed by atoms with Crippen molar-refractivity contribution in [1.82, 2.24) is 4.90 Å². The maximum absolute atomic E-state index is 12.0. The zero-order valence-electron chi connectivity index (χ0n) is 9.38. The molecule has 1 N–H and O–H groups in total. The van der Waals surface area contributed by atoms with Gasteiger partial charge in [0.15, 0.2) is 6.20 Å². The molecule has 5 heteroatoms. The van der Waals surface area contributed by atoms with E-state index in [9.17, 15) is 4.79 Å². The van der Waals surface area contributed by atoms with Gasteiger partial charge in [0.25, 0.3) is 0 Å². The molecular formula is C11H15N3O2+2. The van der Waals surface area contributed by atoms with Crippen molar-refractivity contribution in [3.63, 3.8) is 0 Å². The van der Waals surface area contributed by atoms with Crippen LogP contribution in [0.4, 0.5) is 4.79 Å². The van der Waals surface area contributed by atoms with Gasteiger partial charge in [-0.2, -0.15) is 4.58 Å². The molecule has 0 aliphatic carbocycles. The molecule has 2 heterocycles. The Balaban J connectivity index is 1.98. The van der Waals surface area contributed by atoms with Crippen LogP contribution in [0.1, 0.15) is 5.76 Å². The quantitative estimate of drug-likeness (QED) is 0.707. The molecule has 2 rings (SSSR count). The molecule has 2 amide bonds. The lowest BCUT2D eigenvalue weighted by Gasteiger charge is -2.13. The van der Waals surface area contributed by atoms with Crippen molar-refractivity contribution in [1.29, 1.82) is 0 Å². The van der Waals surface area contributed by atoms with Crippen LogP contribution in [0.2, 0.25) is 0 Å². The van der Waals surface area contributed by atoms with Crippen LogP contribution in [0.15, 0.2) is 35.2 Å². The normalized spacial score (nSPS) is 18.6. The number of rotatable bonds is 2. The summed E-state index contributed by atoms with van der Waals surface area (Å²) in [6, 6.07) is 3.67. The molecule has 0 saturated heterocycles. The minimum Gasteiger partial charge on any atom is -0.467 e. The van der Waals surface area contributed by atoms with Crippen LogP contribution in [-0.4, -0.2) is 35.9 Å². The van der Waals surface area contributed by atoms with Crippen LogP contribution >= 0.6 is 0 Å². The fraction of sp³-hybridized carbons (Fsp3) is 0.273.